The van der Waals surface area contributed by atoms with Gasteiger partial charge in [0, 0.05) is 13.0 Å². The van der Waals surface area contributed by atoms with Gasteiger partial charge in [-0.25, -0.2) is 0 Å². The molecule has 6 nitrogen and oxygen atoms in total. The summed E-state index contributed by atoms with van der Waals surface area (Å²) in [4.78, 5) is 4.04. The number of hydrogen-bond acceptors (Lipinski definition) is 5. The van der Waals surface area contributed by atoms with Crippen LogP contribution in [0.2, 0.25) is 0 Å². The highest BCUT2D eigenvalue weighted by Crippen LogP contribution is 2.13. The van der Waals surface area contributed by atoms with Gasteiger partial charge in [0.2, 0.25) is 11.7 Å². The van der Waals surface area contributed by atoms with Gasteiger partial charge in [-0.1, -0.05) is 5.16 Å². The van der Waals surface area contributed by atoms with Crippen LogP contribution in [-0.2, 0) is 6.61 Å². The third kappa shape index (κ3) is 2.39. The predicted molar refractivity (Wildman–Crippen MR) is 56.0 cm³/mol. The third-order valence-corrected chi connectivity index (χ3v) is 2.04. The molecule has 0 atom stereocenters. The highest BCUT2D eigenvalue weighted by molar-refractivity contribution is 5.12. The fourth-order valence-electron chi connectivity index (χ4n) is 1.23. The largest absolute Gasteiger partial charge is 0.482 e. The highest BCUT2D eigenvalue weighted by atomic mass is 16.5. The molecule has 2 heterocycles. The number of nitrogens with zero attached hydrogens (tertiary/aromatic N) is 4. The number of hydrogen-bond donors (Lipinski definition) is 0. The Bertz CT molecular complexity index is 461. The Morgan fingerprint density at radius 1 is 1.50 bits per heavy atom. The van der Waals surface area contributed by atoms with E-state index in [9.17, 15) is 0 Å². The first-order valence-electron chi connectivity index (χ1n) is 5.11. The van der Waals surface area contributed by atoms with Crippen LogP contribution in [0, 0.1) is 6.92 Å². The molecule has 2 rings (SSSR count). The first-order valence-corrected chi connectivity index (χ1v) is 5.11. The number of ether oxygens (including phenoxy) is 1. The second-order valence-corrected chi connectivity index (χ2v) is 3.77. The van der Waals surface area contributed by atoms with Crippen molar-refractivity contribution in [3.63, 3.8) is 0 Å². The van der Waals surface area contributed by atoms with Gasteiger partial charge >= 0.3 is 0 Å². The van der Waals surface area contributed by atoms with Crippen LogP contribution in [0.3, 0.4) is 0 Å². The van der Waals surface area contributed by atoms with Crippen molar-refractivity contribution in [3.8, 4) is 5.75 Å². The second kappa shape index (κ2) is 4.34. The van der Waals surface area contributed by atoms with Crippen molar-refractivity contribution >= 4 is 0 Å². The van der Waals surface area contributed by atoms with Crippen molar-refractivity contribution < 1.29 is 9.26 Å². The first kappa shape index (κ1) is 10.7. The molecule has 0 bridgehead atoms. The van der Waals surface area contributed by atoms with Crippen molar-refractivity contribution in [3.05, 3.63) is 24.1 Å². The zero-order valence-electron chi connectivity index (χ0n) is 9.54. The summed E-state index contributed by atoms with van der Waals surface area (Å²) in [6, 6.07) is 0.324. The molecule has 0 aliphatic carbocycles. The van der Waals surface area contributed by atoms with Crippen LogP contribution in [0.15, 0.2) is 16.9 Å². The molecule has 16 heavy (non-hydrogen) atoms. The van der Waals surface area contributed by atoms with Gasteiger partial charge in [0.1, 0.15) is 0 Å². The van der Waals surface area contributed by atoms with Crippen molar-refractivity contribution in [1.29, 1.82) is 0 Å². The molecule has 0 aliphatic heterocycles. The lowest BCUT2D eigenvalue weighted by Gasteiger charge is -2.03. The van der Waals surface area contributed by atoms with E-state index in [0.717, 1.165) is 0 Å². The maximum absolute atomic E-state index is 5.47. The number of aryl methyl sites for hydroxylation is 1. The lowest BCUT2D eigenvalue weighted by molar-refractivity contribution is 0.285. The predicted octanol–water partition coefficient (Wildman–Crippen LogP) is 1.73. The van der Waals surface area contributed by atoms with Crippen LogP contribution in [0.1, 0.15) is 31.6 Å². The van der Waals surface area contributed by atoms with E-state index in [2.05, 4.69) is 29.1 Å². The van der Waals surface area contributed by atoms with Crippen LogP contribution < -0.4 is 4.74 Å². The van der Waals surface area contributed by atoms with Gasteiger partial charge in [-0.05, 0) is 13.8 Å². The van der Waals surface area contributed by atoms with Gasteiger partial charge < -0.3 is 9.26 Å². The summed E-state index contributed by atoms with van der Waals surface area (Å²) in [5, 5.41) is 7.90. The quantitative estimate of drug-likeness (QED) is 0.788. The Kier molecular flexibility index (Phi) is 2.89. The summed E-state index contributed by atoms with van der Waals surface area (Å²) in [7, 11) is 0. The molecule has 2 aromatic rings. The topological polar surface area (TPSA) is 66.0 Å². The van der Waals surface area contributed by atoms with E-state index in [0.29, 0.717) is 30.1 Å². The normalized spacial score (nSPS) is 11.0. The summed E-state index contributed by atoms with van der Waals surface area (Å²) >= 11 is 0. The molecule has 0 spiro atoms. The maximum atomic E-state index is 5.47. The lowest BCUT2D eigenvalue weighted by atomic mass is 10.4. The molecular weight excluding hydrogens is 208 g/mol. The minimum atomic E-state index is 0.293. The molecule has 0 unspecified atom stereocenters. The maximum Gasteiger partial charge on any atom is 0.223 e. The van der Waals surface area contributed by atoms with Crippen molar-refractivity contribution in [2.75, 3.05) is 0 Å². The van der Waals surface area contributed by atoms with Crippen molar-refractivity contribution in [2.24, 2.45) is 0 Å². The molecule has 0 radical (unpaired) electrons. The van der Waals surface area contributed by atoms with E-state index in [-0.39, 0.29) is 0 Å². The Balaban J connectivity index is 1.94. The Hall–Kier alpha value is -1.85. The summed E-state index contributed by atoms with van der Waals surface area (Å²) in [6.45, 7) is 6.15. The molecular formula is C10H14N4O2. The molecule has 2 aromatic heterocycles. The molecule has 0 N–H and O–H groups in total. The van der Waals surface area contributed by atoms with E-state index in [1.54, 1.807) is 13.1 Å². The Morgan fingerprint density at radius 2 is 2.31 bits per heavy atom. The zero-order valence-corrected chi connectivity index (χ0v) is 9.54. The van der Waals surface area contributed by atoms with E-state index in [1.165, 1.54) is 0 Å². The van der Waals surface area contributed by atoms with Gasteiger partial charge in [0.25, 0.3) is 0 Å². The monoisotopic (exact) mass is 222 g/mol. The third-order valence-electron chi connectivity index (χ3n) is 2.04. The van der Waals surface area contributed by atoms with Crippen LogP contribution in [0.25, 0.3) is 0 Å². The standard InChI is InChI=1S/C10H14N4O2/c1-7(2)14-5-9(4-11-14)15-6-10-12-8(3)16-13-10/h4-5,7H,6H2,1-3H3. The second-order valence-electron chi connectivity index (χ2n) is 3.77. The fraction of sp³-hybridized carbons (Fsp3) is 0.500. The lowest BCUT2D eigenvalue weighted by Crippen LogP contribution is -2.00. The summed E-state index contributed by atoms with van der Waals surface area (Å²) in [6.07, 6.45) is 3.52. The smallest absolute Gasteiger partial charge is 0.223 e. The highest BCUT2D eigenvalue weighted by Gasteiger charge is 2.05. The molecule has 0 fully saturated rings. The van der Waals surface area contributed by atoms with E-state index >= 15 is 0 Å². The molecule has 86 valence electrons. The van der Waals surface area contributed by atoms with Crippen LogP contribution >= 0.6 is 0 Å². The molecule has 0 saturated heterocycles. The number of rotatable bonds is 4. The van der Waals surface area contributed by atoms with Gasteiger partial charge in [0.15, 0.2) is 12.4 Å². The SMILES string of the molecule is Cc1nc(COc2cnn(C(C)C)c2)no1. The molecule has 0 aliphatic rings. The van der Waals surface area contributed by atoms with Gasteiger partial charge in [-0.2, -0.15) is 10.1 Å². The van der Waals surface area contributed by atoms with Crippen LogP contribution in [0.4, 0.5) is 0 Å². The minimum absolute atomic E-state index is 0.293. The molecule has 6 heteroatoms. The van der Waals surface area contributed by atoms with Gasteiger partial charge in [-0.15, -0.1) is 0 Å². The average Bonchev–Trinajstić information content (AvgIpc) is 2.83. The summed E-state index contributed by atoms with van der Waals surface area (Å²) < 4.78 is 12.1. The van der Waals surface area contributed by atoms with Gasteiger partial charge in [-0.3, -0.25) is 4.68 Å². The van der Waals surface area contributed by atoms with Gasteiger partial charge in [0.05, 0.1) is 12.4 Å². The van der Waals surface area contributed by atoms with E-state index in [1.807, 2.05) is 10.9 Å². The van der Waals surface area contributed by atoms with Crippen molar-refractivity contribution in [1.82, 2.24) is 19.9 Å². The van der Waals surface area contributed by atoms with Crippen LogP contribution in [-0.4, -0.2) is 19.9 Å². The summed E-state index contributed by atoms with van der Waals surface area (Å²) in [5.74, 6) is 1.78. The van der Waals surface area contributed by atoms with E-state index < -0.39 is 0 Å². The summed E-state index contributed by atoms with van der Waals surface area (Å²) in [5.41, 5.74) is 0. The van der Waals surface area contributed by atoms with Crippen LogP contribution in [0.5, 0.6) is 5.75 Å². The van der Waals surface area contributed by atoms with E-state index in [4.69, 9.17) is 9.26 Å². The molecule has 0 aromatic carbocycles. The zero-order chi connectivity index (χ0) is 11.5. The Labute approximate surface area is 93.2 Å². The molecule has 0 saturated carbocycles. The molecule has 0 amide bonds. The minimum Gasteiger partial charge on any atom is -0.482 e. The first-order chi connectivity index (χ1) is 7.65. The van der Waals surface area contributed by atoms with Crippen molar-refractivity contribution in [2.45, 2.75) is 33.4 Å². The Morgan fingerprint density at radius 3 is 2.88 bits per heavy atom. The fourth-order valence-corrected chi connectivity index (χ4v) is 1.23. The number of aromatic nitrogens is 4. The average molecular weight is 222 g/mol.